The summed E-state index contributed by atoms with van der Waals surface area (Å²) in [6, 6.07) is 0. The van der Waals surface area contributed by atoms with Crippen LogP contribution in [0.1, 0.15) is 265 Å². The fourth-order valence-electron chi connectivity index (χ4n) is 8.24. The van der Waals surface area contributed by atoms with Gasteiger partial charge in [-0.1, -0.05) is 282 Å². The van der Waals surface area contributed by atoms with Gasteiger partial charge in [-0.15, -0.1) is 0 Å². The normalized spacial score (nSPS) is 13.1. The Kier molecular flexibility index (Phi) is 59.9. The first-order valence-corrected chi connectivity index (χ1v) is 31.3. The zero-order chi connectivity index (χ0) is 55.7. The highest BCUT2D eigenvalue weighted by molar-refractivity contribution is 5.71. The molecule has 0 heterocycles. The zero-order valence-electron chi connectivity index (χ0n) is 49.7. The predicted molar refractivity (Wildman–Crippen MR) is 334 cm³/mol. The van der Waals surface area contributed by atoms with Crippen LogP contribution in [-0.4, -0.2) is 37.2 Å². The fraction of sp³-hybridized carbons (Fsp3) is 0.620. The molecule has 0 N–H and O–H groups in total. The van der Waals surface area contributed by atoms with E-state index in [1.165, 1.54) is 103 Å². The molecular weight excluding hydrogens is 949 g/mol. The van der Waals surface area contributed by atoms with Gasteiger partial charge in [0.2, 0.25) is 0 Å². The lowest BCUT2D eigenvalue weighted by Gasteiger charge is -2.18. The molecule has 0 aromatic carbocycles. The van der Waals surface area contributed by atoms with Crippen LogP contribution in [0.2, 0.25) is 0 Å². The summed E-state index contributed by atoms with van der Waals surface area (Å²) in [6.45, 7) is 6.32. The van der Waals surface area contributed by atoms with Crippen molar-refractivity contribution in [2.24, 2.45) is 0 Å². The highest BCUT2D eigenvalue weighted by atomic mass is 16.6. The first-order chi connectivity index (χ1) is 38.0. The van der Waals surface area contributed by atoms with Crippen LogP contribution in [0.5, 0.6) is 0 Å². The van der Waals surface area contributed by atoms with Gasteiger partial charge in [0.1, 0.15) is 13.2 Å². The molecule has 0 fully saturated rings. The maximum atomic E-state index is 12.8. The molecule has 0 bridgehead atoms. The van der Waals surface area contributed by atoms with Crippen LogP contribution in [0.15, 0.2) is 146 Å². The molecule has 0 aromatic heterocycles. The van der Waals surface area contributed by atoms with Gasteiger partial charge in [-0.3, -0.25) is 14.4 Å². The number of carbonyl (C=O) groups excluding carboxylic acids is 3. The Bertz CT molecular complexity index is 1700. The third-order valence-electron chi connectivity index (χ3n) is 12.9. The average molecular weight is 1060 g/mol. The van der Waals surface area contributed by atoms with Crippen LogP contribution in [0, 0.1) is 0 Å². The summed E-state index contributed by atoms with van der Waals surface area (Å²) in [5, 5.41) is 0. The van der Waals surface area contributed by atoms with E-state index < -0.39 is 12.1 Å². The molecule has 0 saturated carbocycles. The smallest absolute Gasteiger partial charge is 0.306 e. The van der Waals surface area contributed by atoms with Gasteiger partial charge in [-0.2, -0.15) is 0 Å². The SMILES string of the molecule is CC/C=C\C/C=C\C/C=C\C/C=C\C/C=C\C/C=C\CCCCCCCCCCCCCCC(=O)OCC(COC(=O)CCCCCCCCCCC)OC(=O)CC/C=C\C/C=C\C/C=C\C/C=C\C/C=C\C/C=C\CC. The Morgan fingerprint density at radius 2 is 0.532 bits per heavy atom. The van der Waals surface area contributed by atoms with Gasteiger partial charge in [0, 0.05) is 19.3 Å². The summed E-state index contributed by atoms with van der Waals surface area (Å²) in [7, 11) is 0. The maximum absolute atomic E-state index is 12.8. The zero-order valence-corrected chi connectivity index (χ0v) is 49.7. The number of hydrogen-bond donors (Lipinski definition) is 0. The molecule has 0 rings (SSSR count). The van der Waals surface area contributed by atoms with Gasteiger partial charge >= 0.3 is 17.9 Å². The van der Waals surface area contributed by atoms with Crippen LogP contribution in [0.25, 0.3) is 0 Å². The molecule has 434 valence electrons. The third kappa shape index (κ3) is 62.0. The van der Waals surface area contributed by atoms with Crippen molar-refractivity contribution < 1.29 is 28.6 Å². The van der Waals surface area contributed by atoms with Crippen molar-refractivity contribution in [2.75, 3.05) is 13.2 Å². The molecule has 77 heavy (non-hydrogen) atoms. The van der Waals surface area contributed by atoms with E-state index >= 15 is 0 Å². The predicted octanol–water partition coefficient (Wildman–Crippen LogP) is 21.5. The summed E-state index contributed by atoms with van der Waals surface area (Å²) >= 11 is 0. The molecule has 1 unspecified atom stereocenters. The lowest BCUT2D eigenvalue weighted by Crippen LogP contribution is -2.30. The van der Waals surface area contributed by atoms with Gasteiger partial charge in [0.05, 0.1) is 0 Å². The van der Waals surface area contributed by atoms with Crippen molar-refractivity contribution in [3.8, 4) is 0 Å². The molecule has 6 nitrogen and oxygen atoms in total. The first kappa shape index (κ1) is 72.3. The van der Waals surface area contributed by atoms with E-state index in [4.69, 9.17) is 14.2 Å². The van der Waals surface area contributed by atoms with E-state index in [9.17, 15) is 14.4 Å². The van der Waals surface area contributed by atoms with E-state index in [0.29, 0.717) is 19.3 Å². The summed E-state index contributed by atoms with van der Waals surface area (Å²) in [5.41, 5.74) is 0. The van der Waals surface area contributed by atoms with Crippen molar-refractivity contribution >= 4 is 17.9 Å². The molecule has 0 spiro atoms. The minimum Gasteiger partial charge on any atom is -0.462 e. The Balaban J connectivity index is 4.27. The van der Waals surface area contributed by atoms with E-state index in [1.54, 1.807) is 0 Å². The van der Waals surface area contributed by atoms with E-state index in [-0.39, 0.29) is 31.6 Å². The van der Waals surface area contributed by atoms with Crippen LogP contribution in [0.4, 0.5) is 0 Å². The van der Waals surface area contributed by atoms with Crippen molar-refractivity contribution in [2.45, 2.75) is 271 Å². The largest absolute Gasteiger partial charge is 0.462 e. The average Bonchev–Trinajstić information content (AvgIpc) is 3.43. The van der Waals surface area contributed by atoms with E-state index in [1.807, 2.05) is 6.08 Å². The molecule has 0 radical (unpaired) electrons. The minimum atomic E-state index is -0.822. The minimum absolute atomic E-state index is 0.111. The molecule has 0 aliphatic heterocycles. The summed E-state index contributed by atoms with van der Waals surface area (Å²) < 4.78 is 16.8. The van der Waals surface area contributed by atoms with E-state index in [2.05, 4.69) is 161 Å². The van der Waals surface area contributed by atoms with Crippen LogP contribution in [0.3, 0.4) is 0 Å². The summed E-state index contributed by atoms with van der Waals surface area (Å²) in [6.07, 6.45) is 91.6. The van der Waals surface area contributed by atoms with Gasteiger partial charge in [-0.25, -0.2) is 0 Å². The second kappa shape index (κ2) is 63.8. The van der Waals surface area contributed by atoms with E-state index in [0.717, 1.165) is 116 Å². The number of ether oxygens (including phenoxy) is 3. The molecular formula is C71H114O6. The Hall–Kier alpha value is -4.71. The van der Waals surface area contributed by atoms with Crippen molar-refractivity contribution in [3.05, 3.63) is 146 Å². The summed E-state index contributed by atoms with van der Waals surface area (Å²) in [4.78, 5) is 38.1. The van der Waals surface area contributed by atoms with Crippen LogP contribution in [-0.2, 0) is 28.6 Å². The standard InChI is InChI=1S/C71H114O6/c1-4-7-10-13-16-19-21-23-25-27-29-30-31-32-33-34-35-36-37-38-39-40-42-43-45-47-49-52-55-58-61-64-70(73)76-67-68(66-75-69(72)63-60-57-54-51-18-15-12-9-6-3)77-71(74)65-62-59-56-53-50-48-46-44-41-28-26-24-22-20-17-14-11-8-5-2/h7-8,10-11,16-17,19-20,23-26,29-30,32-33,35-36,41,44,48,50,56,59,68H,4-6,9,12-15,18,21-22,27-28,31,34,37-40,42-43,45-47,49,51-55,57-58,60-67H2,1-3H3/b10-7-,11-8-,19-16-,20-17-,25-23-,26-24-,30-29-,33-32-,36-35-,44-41-,50-48-,59-56-. The van der Waals surface area contributed by atoms with Crippen LogP contribution < -0.4 is 0 Å². The quantitative estimate of drug-likeness (QED) is 0.0261. The molecule has 0 saturated heterocycles. The lowest BCUT2D eigenvalue weighted by atomic mass is 10.0. The highest BCUT2D eigenvalue weighted by Crippen LogP contribution is 2.15. The first-order valence-electron chi connectivity index (χ1n) is 31.3. The number of unbranched alkanes of at least 4 members (excludes halogenated alkanes) is 20. The van der Waals surface area contributed by atoms with Crippen molar-refractivity contribution in [3.63, 3.8) is 0 Å². The molecule has 0 aromatic rings. The summed E-state index contributed by atoms with van der Waals surface area (Å²) in [5.74, 6) is -1.00. The number of hydrogen-bond acceptors (Lipinski definition) is 6. The van der Waals surface area contributed by atoms with Gasteiger partial charge < -0.3 is 14.2 Å². The molecule has 1 atom stereocenters. The fourth-order valence-corrected chi connectivity index (χ4v) is 8.24. The topological polar surface area (TPSA) is 78.9 Å². The number of esters is 3. The number of carbonyl (C=O) groups is 3. The van der Waals surface area contributed by atoms with Crippen molar-refractivity contribution in [1.82, 2.24) is 0 Å². The lowest BCUT2D eigenvalue weighted by molar-refractivity contribution is -0.166. The van der Waals surface area contributed by atoms with Crippen molar-refractivity contribution in [1.29, 1.82) is 0 Å². The second-order valence-corrected chi connectivity index (χ2v) is 20.2. The number of rotatable bonds is 55. The Labute approximate surface area is 474 Å². The monoisotopic (exact) mass is 1060 g/mol. The molecule has 0 aliphatic rings. The second-order valence-electron chi connectivity index (χ2n) is 20.2. The highest BCUT2D eigenvalue weighted by Gasteiger charge is 2.19. The number of allylic oxidation sites excluding steroid dienone is 24. The van der Waals surface area contributed by atoms with Gasteiger partial charge in [0.25, 0.3) is 0 Å². The van der Waals surface area contributed by atoms with Gasteiger partial charge in [-0.05, 0) is 109 Å². The molecule has 0 amide bonds. The molecule has 0 aliphatic carbocycles. The molecule has 6 heteroatoms. The Morgan fingerprint density at radius 3 is 0.844 bits per heavy atom. The van der Waals surface area contributed by atoms with Gasteiger partial charge in [0.15, 0.2) is 6.10 Å². The van der Waals surface area contributed by atoms with Crippen LogP contribution >= 0.6 is 0 Å². The maximum Gasteiger partial charge on any atom is 0.306 e. The third-order valence-corrected chi connectivity index (χ3v) is 12.9. The Morgan fingerprint density at radius 1 is 0.273 bits per heavy atom.